The molecular formula is C19H17FN4O3. The molecule has 8 heteroatoms. The Balaban J connectivity index is 1.82. The smallest absolute Gasteiger partial charge is 0.274 e. The van der Waals surface area contributed by atoms with E-state index in [0.29, 0.717) is 23.0 Å². The Morgan fingerprint density at radius 2 is 1.81 bits per heavy atom. The third kappa shape index (κ3) is 4.30. The van der Waals surface area contributed by atoms with E-state index in [4.69, 9.17) is 9.47 Å². The predicted octanol–water partition coefficient (Wildman–Crippen LogP) is 3.63. The number of carbonyl (C=O) groups excluding carboxylic acids is 1. The Bertz CT molecular complexity index is 965. The number of hydrogen-bond acceptors (Lipinski definition) is 6. The molecular weight excluding hydrogens is 351 g/mol. The van der Waals surface area contributed by atoms with Gasteiger partial charge in [-0.2, -0.15) is 0 Å². The second-order valence-electron chi connectivity index (χ2n) is 5.41. The summed E-state index contributed by atoms with van der Waals surface area (Å²) in [5, 5.41) is 5.54. The number of benzene rings is 2. The fourth-order valence-electron chi connectivity index (χ4n) is 2.35. The van der Waals surface area contributed by atoms with Crippen LogP contribution in [0.3, 0.4) is 0 Å². The molecule has 1 aromatic heterocycles. The zero-order valence-corrected chi connectivity index (χ0v) is 14.7. The quantitative estimate of drug-likeness (QED) is 0.691. The van der Waals surface area contributed by atoms with E-state index < -0.39 is 11.7 Å². The van der Waals surface area contributed by atoms with Gasteiger partial charge in [-0.05, 0) is 24.3 Å². The van der Waals surface area contributed by atoms with Crippen LogP contribution in [0.25, 0.3) is 0 Å². The molecule has 0 unspecified atom stereocenters. The standard InChI is InChI=1S/C19H17FN4O3/c1-26-12-7-8-17(27-2)15(9-12)23-18-10-16(21-11-22-18)19(25)24-14-6-4-3-5-13(14)20/h3-11H,1-2H3,(H,24,25)(H,21,22,23). The molecule has 1 amide bonds. The van der Waals surface area contributed by atoms with E-state index in [1.54, 1.807) is 44.6 Å². The maximum absolute atomic E-state index is 13.7. The average Bonchev–Trinajstić information content (AvgIpc) is 2.70. The predicted molar refractivity (Wildman–Crippen MR) is 99.2 cm³/mol. The van der Waals surface area contributed by atoms with Crippen molar-refractivity contribution in [3.05, 3.63) is 66.4 Å². The molecule has 0 radical (unpaired) electrons. The third-order valence-corrected chi connectivity index (χ3v) is 3.69. The molecule has 2 aromatic carbocycles. The van der Waals surface area contributed by atoms with Gasteiger partial charge in [-0.3, -0.25) is 4.79 Å². The normalized spacial score (nSPS) is 10.2. The van der Waals surface area contributed by atoms with Gasteiger partial charge in [0.2, 0.25) is 0 Å². The van der Waals surface area contributed by atoms with Crippen LogP contribution >= 0.6 is 0 Å². The van der Waals surface area contributed by atoms with Crippen molar-refractivity contribution in [1.29, 1.82) is 0 Å². The zero-order chi connectivity index (χ0) is 19.2. The molecule has 0 saturated carbocycles. The highest BCUT2D eigenvalue weighted by Gasteiger charge is 2.13. The summed E-state index contributed by atoms with van der Waals surface area (Å²) in [6.07, 6.45) is 1.24. The highest BCUT2D eigenvalue weighted by molar-refractivity contribution is 6.03. The molecule has 0 spiro atoms. The van der Waals surface area contributed by atoms with Gasteiger partial charge in [-0.1, -0.05) is 12.1 Å². The minimum atomic E-state index is -0.553. The number of nitrogens with one attached hydrogen (secondary N) is 2. The largest absolute Gasteiger partial charge is 0.497 e. The summed E-state index contributed by atoms with van der Waals surface area (Å²) in [6, 6.07) is 12.6. The van der Waals surface area contributed by atoms with Crippen molar-refractivity contribution in [2.75, 3.05) is 24.9 Å². The monoisotopic (exact) mass is 368 g/mol. The van der Waals surface area contributed by atoms with Crippen molar-refractivity contribution in [2.24, 2.45) is 0 Å². The van der Waals surface area contributed by atoms with Gasteiger partial charge in [0.25, 0.3) is 5.91 Å². The first-order chi connectivity index (χ1) is 13.1. The highest BCUT2D eigenvalue weighted by Crippen LogP contribution is 2.31. The molecule has 1 heterocycles. The van der Waals surface area contributed by atoms with Crippen molar-refractivity contribution in [2.45, 2.75) is 0 Å². The number of para-hydroxylation sites is 1. The fraction of sp³-hybridized carbons (Fsp3) is 0.105. The minimum absolute atomic E-state index is 0.0742. The van der Waals surface area contributed by atoms with E-state index >= 15 is 0 Å². The molecule has 27 heavy (non-hydrogen) atoms. The first-order valence-electron chi connectivity index (χ1n) is 7.97. The number of hydrogen-bond donors (Lipinski definition) is 2. The number of rotatable bonds is 6. The molecule has 0 bridgehead atoms. The average molecular weight is 368 g/mol. The summed E-state index contributed by atoms with van der Waals surface area (Å²) in [4.78, 5) is 20.4. The van der Waals surface area contributed by atoms with Crippen molar-refractivity contribution in [1.82, 2.24) is 9.97 Å². The molecule has 0 fully saturated rings. The van der Waals surface area contributed by atoms with Crippen molar-refractivity contribution >= 4 is 23.1 Å². The minimum Gasteiger partial charge on any atom is -0.497 e. The first kappa shape index (κ1) is 18.1. The second-order valence-corrected chi connectivity index (χ2v) is 5.41. The van der Waals surface area contributed by atoms with Crippen LogP contribution in [0.15, 0.2) is 54.9 Å². The topological polar surface area (TPSA) is 85.4 Å². The van der Waals surface area contributed by atoms with Gasteiger partial charge in [0, 0.05) is 12.1 Å². The molecule has 0 atom stereocenters. The Hall–Kier alpha value is -3.68. The molecule has 3 aromatic rings. The van der Waals surface area contributed by atoms with Crippen molar-refractivity contribution in [3.63, 3.8) is 0 Å². The van der Waals surface area contributed by atoms with Crippen LogP contribution < -0.4 is 20.1 Å². The molecule has 2 N–H and O–H groups in total. The molecule has 7 nitrogen and oxygen atoms in total. The number of halogens is 1. The number of aromatic nitrogens is 2. The fourth-order valence-corrected chi connectivity index (χ4v) is 2.35. The van der Waals surface area contributed by atoms with E-state index in [-0.39, 0.29) is 11.4 Å². The van der Waals surface area contributed by atoms with Gasteiger partial charge in [-0.15, -0.1) is 0 Å². The lowest BCUT2D eigenvalue weighted by molar-refractivity contribution is 0.102. The van der Waals surface area contributed by atoms with Crippen molar-refractivity contribution < 1.29 is 18.7 Å². The maximum atomic E-state index is 13.7. The zero-order valence-electron chi connectivity index (χ0n) is 14.7. The van der Waals surface area contributed by atoms with E-state index in [2.05, 4.69) is 20.6 Å². The lowest BCUT2D eigenvalue weighted by Gasteiger charge is -2.12. The van der Waals surface area contributed by atoms with Crippen LogP contribution in [0.5, 0.6) is 11.5 Å². The third-order valence-electron chi connectivity index (χ3n) is 3.69. The molecule has 0 aliphatic carbocycles. The number of amides is 1. The van der Waals surface area contributed by atoms with E-state index in [1.807, 2.05) is 0 Å². The number of carbonyl (C=O) groups is 1. The maximum Gasteiger partial charge on any atom is 0.274 e. The van der Waals surface area contributed by atoms with Crippen LogP contribution in [0.4, 0.5) is 21.6 Å². The van der Waals surface area contributed by atoms with E-state index in [0.717, 1.165) is 0 Å². The molecule has 3 rings (SSSR count). The summed E-state index contributed by atoms with van der Waals surface area (Å²) < 4.78 is 24.2. The van der Waals surface area contributed by atoms with Crippen LogP contribution in [0, 0.1) is 5.82 Å². The van der Waals surface area contributed by atoms with Gasteiger partial charge in [0.15, 0.2) is 0 Å². The SMILES string of the molecule is COc1ccc(OC)c(Nc2cc(C(=O)Nc3ccccc3F)ncn2)c1. The summed E-state index contributed by atoms with van der Waals surface area (Å²) >= 11 is 0. The molecule has 0 aliphatic heterocycles. The van der Waals surface area contributed by atoms with Crippen LogP contribution in [0.1, 0.15) is 10.5 Å². The van der Waals surface area contributed by atoms with Gasteiger partial charge < -0.3 is 20.1 Å². The van der Waals surface area contributed by atoms with Crippen LogP contribution in [0.2, 0.25) is 0 Å². The number of anilines is 3. The number of nitrogens with zero attached hydrogens (tertiary/aromatic N) is 2. The van der Waals surface area contributed by atoms with Gasteiger partial charge >= 0.3 is 0 Å². The Morgan fingerprint density at radius 3 is 2.56 bits per heavy atom. The van der Waals surface area contributed by atoms with Crippen molar-refractivity contribution in [3.8, 4) is 11.5 Å². The molecule has 0 saturated heterocycles. The summed E-state index contributed by atoms with van der Waals surface area (Å²) in [5.74, 6) is 0.495. The molecule has 0 aliphatic rings. The number of methoxy groups -OCH3 is 2. The summed E-state index contributed by atoms with van der Waals surface area (Å²) in [7, 11) is 3.10. The summed E-state index contributed by atoms with van der Waals surface area (Å²) in [6.45, 7) is 0. The van der Waals surface area contributed by atoms with E-state index in [1.165, 1.54) is 24.5 Å². The lowest BCUT2D eigenvalue weighted by atomic mass is 10.2. The van der Waals surface area contributed by atoms with Gasteiger partial charge in [0.1, 0.15) is 35.2 Å². The van der Waals surface area contributed by atoms with Crippen LogP contribution in [-0.4, -0.2) is 30.1 Å². The second kappa shape index (κ2) is 8.13. The Morgan fingerprint density at radius 1 is 1.00 bits per heavy atom. The Kier molecular flexibility index (Phi) is 5.46. The lowest BCUT2D eigenvalue weighted by Crippen LogP contribution is -2.15. The van der Waals surface area contributed by atoms with E-state index in [9.17, 15) is 9.18 Å². The Labute approximate surface area is 155 Å². The summed E-state index contributed by atoms with van der Waals surface area (Å²) in [5.41, 5.74) is 0.763. The number of ether oxygens (including phenoxy) is 2. The van der Waals surface area contributed by atoms with Gasteiger partial charge in [0.05, 0.1) is 25.6 Å². The van der Waals surface area contributed by atoms with Gasteiger partial charge in [-0.25, -0.2) is 14.4 Å². The first-order valence-corrected chi connectivity index (χ1v) is 7.97. The molecule has 138 valence electrons. The highest BCUT2D eigenvalue weighted by atomic mass is 19.1. The van der Waals surface area contributed by atoms with Crippen LogP contribution in [-0.2, 0) is 0 Å².